The van der Waals surface area contributed by atoms with Gasteiger partial charge in [0.2, 0.25) is 0 Å². The lowest BCUT2D eigenvalue weighted by molar-refractivity contribution is 0.677. The van der Waals surface area contributed by atoms with Crippen LogP contribution in [-0.4, -0.2) is 29.6 Å². The Bertz CT molecular complexity index is 424. The van der Waals surface area contributed by atoms with Crippen molar-refractivity contribution in [3.63, 3.8) is 0 Å². The van der Waals surface area contributed by atoms with Crippen LogP contribution in [0.3, 0.4) is 0 Å². The van der Waals surface area contributed by atoms with Gasteiger partial charge in [-0.3, -0.25) is 0 Å². The van der Waals surface area contributed by atoms with E-state index in [0.29, 0.717) is 6.54 Å². The van der Waals surface area contributed by atoms with Crippen LogP contribution in [0.15, 0.2) is 6.33 Å². The number of nitriles is 1. The fraction of sp³-hybridized carbons (Fsp3) is 0.615. The van der Waals surface area contributed by atoms with Crippen LogP contribution in [-0.2, 0) is 0 Å². The maximum absolute atomic E-state index is 8.91. The van der Waals surface area contributed by atoms with Gasteiger partial charge in [-0.2, -0.15) is 5.26 Å². The van der Waals surface area contributed by atoms with Gasteiger partial charge in [-0.1, -0.05) is 0 Å². The lowest BCUT2D eigenvalue weighted by atomic mass is 10.2. The van der Waals surface area contributed by atoms with Crippen molar-refractivity contribution in [2.24, 2.45) is 5.92 Å². The summed E-state index contributed by atoms with van der Waals surface area (Å²) in [6, 6.07) is 2.26. The molecule has 0 aromatic carbocycles. The number of rotatable bonds is 6. The van der Waals surface area contributed by atoms with Crippen LogP contribution in [0, 0.1) is 24.2 Å². The molecule has 98 valence electrons. The molecule has 18 heavy (non-hydrogen) atoms. The van der Waals surface area contributed by atoms with E-state index in [1.54, 1.807) is 6.33 Å². The summed E-state index contributed by atoms with van der Waals surface area (Å²) in [7, 11) is 0. The molecule has 1 N–H and O–H groups in total. The highest BCUT2D eigenvalue weighted by Crippen LogP contribution is 2.22. The minimum atomic E-state index is -0.0121. The Hall–Kier alpha value is -1.83. The first-order chi connectivity index (χ1) is 8.63. The minimum absolute atomic E-state index is 0.0121. The summed E-state index contributed by atoms with van der Waals surface area (Å²) >= 11 is 0. The van der Waals surface area contributed by atoms with E-state index in [2.05, 4.69) is 33.2 Å². The van der Waals surface area contributed by atoms with E-state index in [1.165, 1.54) is 0 Å². The van der Waals surface area contributed by atoms with Crippen molar-refractivity contribution in [1.82, 2.24) is 9.97 Å². The fourth-order valence-electron chi connectivity index (χ4n) is 1.84. The fourth-order valence-corrected chi connectivity index (χ4v) is 1.84. The van der Waals surface area contributed by atoms with E-state index in [1.807, 2.05) is 20.8 Å². The Balaban J connectivity index is 2.99. The molecule has 5 nitrogen and oxygen atoms in total. The van der Waals surface area contributed by atoms with Gasteiger partial charge in [-0.05, 0) is 27.7 Å². The number of anilines is 2. The van der Waals surface area contributed by atoms with Gasteiger partial charge in [0.1, 0.15) is 18.0 Å². The van der Waals surface area contributed by atoms with E-state index in [4.69, 9.17) is 5.26 Å². The van der Waals surface area contributed by atoms with Gasteiger partial charge in [0.05, 0.1) is 12.0 Å². The summed E-state index contributed by atoms with van der Waals surface area (Å²) in [6.07, 6.45) is 1.57. The molecule has 1 aromatic heterocycles. The second-order valence-corrected chi connectivity index (χ2v) is 4.27. The van der Waals surface area contributed by atoms with E-state index in [0.717, 1.165) is 30.3 Å². The van der Waals surface area contributed by atoms with E-state index >= 15 is 0 Å². The number of nitrogens with zero attached hydrogens (tertiary/aromatic N) is 4. The second kappa shape index (κ2) is 6.80. The van der Waals surface area contributed by atoms with Gasteiger partial charge >= 0.3 is 0 Å². The molecule has 0 aliphatic rings. The molecular weight excluding hydrogens is 226 g/mol. The molecule has 0 bridgehead atoms. The summed E-state index contributed by atoms with van der Waals surface area (Å²) in [6.45, 7) is 10.4. The van der Waals surface area contributed by atoms with Crippen molar-refractivity contribution in [2.75, 3.05) is 29.9 Å². The molecule has 1 aromatic rings. The Labute approximate surface area is 109 Å². The maximum Gasteiger partial charge on any atom is 0.137 e. The van der Waals surface area contributed by atoms with Crippen LogP contribution in [0.4, 0.5) is 11.6 Å². The zero-order valence-electron chi connectivity index (χ0n) is 11.6. The predicted octanol–water partition coefficient (Wildman–Crippen LogP) is 2.20. The van der Waals surface area contributed by atoms with E-state index < -0.39 is 0 Å². The van der Waals surface area contributed by atoms with Crippen LogP contribution >= 0.6 is 0 Å². The van der Waals surface area contributed by atoms with Crippen LogP contribution in [0.25, 0.3) is 0 Å². The monoisotopic (exact) mass is 247 g/mol. The first-order valence-electron chi connectivity index (χ1n) is 6.34. The highest BCUT2D eigenvalue weighted by Gasteiger charge is 2.14. The van der Waals surface area contributed by atoms with Crippen LogP contribution < -0.4 is 10.2 Å². The first-order valence-corrected chi connectivity index (χ1v) is 6.34. The van der Waals surface area contributed by atoms with Crippen LogP contribution in [0.5, 0.6) is 0 Å². The van der Waals surface area contributed by atoms with E-state index in [-0.39, 0.29) is 5.92 Å². The lowest BCUT2D eigenvalue weighted by Crippen LogP contribution is -2.29. The molecule has 1 atom stereocenters. The topological polar surface area (TPSA) is 64.8 Å². The summed E-state index contributed by atoms with van der Waals surface area (Å²) < 4.78 is 0. The Morgan fingerprint density at radius 1 is 1.44 bits per heavy atom. The van der Waals surface area contributed by atoms with E-state index in [9.17, 15) is 0 Å². The number of aromatic nitrogens is 2. The first kappa shape index (κ1) is 14.2. The third-order valence-corrected chi connectivity index (χ3v) is 2.80. The molecule has 5 heteroatoms. The predicted molar refractivity (Wildman–Crippen MR) is 73.6 cm³/mol. The van der Waals surface area contributed by atoms with Gasteiger partial charge in [0.25, 0.3) is 0 Å². The van der Waals surface area contributed by atoms with Gasteiger partial charge in [-0.25, -0.2) is 9.97 Å². The molecule has 1 rings (SSSR count). The zero-order chi connectivity index (χ0) is 13.5. The van der Waals surface area contributed by atoms with Crippen LogP contribution in [0.1, 0.15) is 26.3 Å². The Morgan fingerprint density at radius 2 is 2.17 bits per heavy atom. The molecule has 0 amide bonds. The zero-order valence-corrected chi connectivity index (χ0v) is 11.6. The van der Waals surface area contributed by atoms with Crippen molar-refractivity contribution < 1.29 is 0 Å². The molecule has 0 saturated carbocycles. The van der Waals surface area contributed by atoms with Crippen LogP contribution in [0.2, 0.25) is 0 Å². The van der Waals surface area contributed by atoms with Crippen molar-refractivity contribution >= 4 is 11.6 Å². The number of hydrogen-bond donors (Lipinski definition) is 1. The SMILES string of the molecule is CCNc1ncnc(N(CC)CC(C)C#N)c1C. The summed E-state index contributed by atoms with van der Waals surface area (Å²) in [4.78, 5) is 10.7. The highest BCUT2D eigenvalue weighted by molar-refractivity contribution is 5.57. The summed E-state index contributed by atoms with van der Waals surface area (Å²) in [5, 5.41) is 12.1. The molecule has 0 aliphatic heterocycles. The molecule has 1 unspecified atom stereocenters. The largest absolute Gasteiger partial charge is 0.370 e. The Kier molecular flexibility index (Phi) is 5.37. The smallest absolute Gasteiger partial charge is 0.137 e. The normalized spacial score (nSPS) is 11.7. The summed E-state index contributed by atoms with van der Waals surface area (Å²) in [5.74, 6) is 1.76. The van der Waals surface area contributed by atoms with Crippen molar-refractivity contribution in [3.05, 3.63) is 11.9 Å². The third-order valence-electron chi connectivity index (χ3n) is 2.80. The molecule has 0 radical (unpaired) electrons. The minimum Gasteiger partial charge on any atom is -0.370 e. The summed E-state index contributed by atoms with van der Waals surface area (Å²) in [5.41, 5.74) is 1.03. The molecular formula is C13H21N5. The van der Waals surface area contributed by atoms with Crippen molar-refractivity contribution in [3.8, 4) is 6.07 Å². The number of hydrogen-bond acceptors (Lipinski definition) is 5. The molecule has 0 spiro atoms. The Morgan fingerprint density at radius 3 is 2.72 bits per heavy atom. The quantitative estimate of drug-likeness (QED) is 0.835. The van der Waals surface area contributed by atoms with Gasteiger partial charge in [0.15, 0.2) is 0 Å². The molecule has 0 saturated heterocycles. The number of nitrogens with one attached hydrogen (secondary N) is 1. The molecule has 1 heterocycles. The highest BCUT2D eigenvalue weighted by atomic mass is 15.2. The second-order valence-electron chi connectivity index (χ2n) is 4.27. The maximum atomic E-state index is 8.91. The standard InChI is InChI=1S/C13H21N5/c1-5-15-12-11(4)13(17-9-16-12)18(6-2)8-10(3)7-14/h9-10H,5-6,8H2,1-4H3,(H,15,16,17). The lowest BCUT2D eigenvalue weighted by Gasteiger charge is -2.25. The van der Waals surface area contributed by atoms with Gasteiger partial charge in [0, 0.05) is 25.2 Å². The average Bonchev–Trinajstić information content (AvgIpc) is 2.38. The van der Waals surface area contributed by atoms with Gasteiger partial charge in [-0.15, -0.1) is 0 Å². The molecule has 0 fully saturated rings. The molecule has 0 aliphatic carbocycles. The third kappa shape index (κ3) is 3.33. The average molecular weight is 247 g/mol. The van der Waals surface area contributed by atoms with Crippen molar-refractivity contribution in [1.29, 1.82) is 5.26 Å². The van der Waals surface area contributed by atoms with Gasteiger partial charge < -0.3 is 10.2 Å². The van der Waals surface area contributed by atoms with Crippen molar-refractivity contribution in [2.45, 2.75) is 27.7 Å².